The quantitative estimate of drug-likeness (QED) is 0.850. The van der Waals surface area contributed by atoms with Crippen molar-refractivity contribution in [1.82, 2.24) is 15.1 Å². The molecule has 1 heterocycles. The highest BCUT2D eigenvalue weighted by Crippen LogP contribution is 2.13. The summed E-state index contributed by atoms with van der Waals surface area (Å²) < 4.78 is 1.92. The van der Waals surface area contributed by atoms with Crippen molar-refractivity contribution in [2.45, 2.75) is 26.9 Å². The molecule has 20 heavy (non-hydrogen) atoms. The summed E-state index contributed by atoms with van der Waals surface area (Å²) in [7, 11) is 0. The van der Waals surface area contributed by atoms with Gasteiger partial charge in [0.2, 0.25) is 0 Å². The zero-order chi connectivity index (χ0) is 14.5. The Morgan fingerprint density at radius 3 is 2.65 bits per heavy atom. The van der Waals surface area contributed by atoms with E-state index in [1.165, 1.54) is 0 Å². The van der Waals surface area contributed by atoms with Gasteiger partial charge >= 0.3 is 0 Å². The average molecular weight is 309 g/mol. The second kappa shape index (κ2) is 6.72. The molecule has 0 unspecified atom stereocenters. The number of hydrogen-bond acceptors (Lipinski definition) is 2. The van der Waals surface area contributed by atoms with Crippen molar-refractivity contribution in [3.8, 4) is 0 Å². The lowest BCUT2D eigenvalue weighted by molar-refractivity contribution is 0.640. The van der Waals surface area contributed by atoms with Gasteiger partial charge in [-0.15, -0.1) is 0 Å². The van der Waals surface area contributed by atoms with E-state index in [0.717, 1.165) is 28.5 Å². The number of aromatic nitrogens is 2. The van der Waals surface area contributed by atoms with E-state index < -0.39 is 0 Å². The molecule has 1 aromatic carbocycles. The predicted molar refractivity (Wildman–Crippen MR) is 87.2 cm³/mol. The molecule has 0 spiro atoms. The van der Waals surface area contributed by atoms with E-state index in [0.29, 0.717) is 11.7 Å². The molecule has 0 aliphatic carbocycles. The molecule has 0 saturated heterocycles. The number of hydrogen-bond donors (Lipinski definition) is 2. The molecule has 0 fully saturated rings. The van der Waals surface area contributed by atoms with Gasteiger partial charge in [-0.2, -0.15) is 5.10 Å². The molecule has 2 aromatic rings. The average Bonchev–Trinajstić information content (AvgIpc) is 2.79. The lowest BCUT2D eigenvalue weighted by Crippen LogP contribution is -2.28. The Morgan fingerprint density at radius 1 is 1.35 bits per heavy atom. The Kier molecular flexibility index (Phi) is 4.98. The van der Waals surface area contributed by atoms with Gasteiger partial charge < -0.3 is 10.6 Å². The fourth-order valence-electron chi connectivity index (χ4n) is 1.84. The van der Waals surface area contributed by atoms with E-state index in [2.05, 4.69) is 22.7 Å². The van der Waals surface area contributed by atoms with Crippen molar-refractivity contribution in [1.29, 1.82) is 0 Å². The minimum absolute atomic E-state index is 0.582. The molecular formula is C14H17ClN4S. The molecule has 0 saturated carbocycles. The van der Waals surface area contributed by atoms with Gasteiger partial charge in [-0.25, -0.2) is 0 Å². The van der Waals surface area contributed by atoms with Crippen LogP contribution in [0.3, 0.4) is 0 Å². The maximum Gasteiger partial charge on any atom is 0.171 e. The number of benzene rings is 1. The fourth-order valence-corrected chi connectivity index (χ4v) is 2.15. The molecular weight excluding hydrogens is 292 g/mol. The van der Waals surface area contributed by atoms with E-state index in [-0.39, 0.29) is 0 Å². The van der Waals surface area contributed by atoms with Gasteiger partial charge in [0.05, 0.1) is 17.6 Å². The number of nitrogens with zero attached hydrogens (tertiary/aromatic N) is 2. The van der Waals surface area contributed by atoms with Crippen LogP contribution in [-0.2, 0) is 13.1 Å². The zero-order valence-corrected chi connectivity index (χ0v) is 13.1. The molecule has 2 rings (SSSR count). The summed E-state index contributed by atoms with van der Waals surface area (Å²) in [5.41, 5.74) is 3.13. The van der Waals surface area contributed by atoms with E-state index in [4.69, 9.17) is 23.8 Å². The Morgan fingerprint density at radius 2 is 2.05 bits per heavy atom. The van der Waals surface area contributed by atoms with E-state index >= 15 is 0 Å². The lowest BCUT2D eigenvalue weighted by atomic mass is 10.2. The summed E-state index contributed by atoms with van der Waals surface area (Å²) in [6.07, 6.45) is 1.79. The van der Waals surface area contributed by atoms with Gasteiger partial charge in [-0.3, -0.25) is 4.68 Å². The van der Waals surface area contributed by atoms with E-state index in [9.17, 15) is 0 Å². The number of thiocarbonyl (C=S) groups is 1. The van der Waals surface area contributed by atoms with Crippen LogP contribution < -0.4 is 10.6 Å². The molecule has 106 valence electrons. The highest BCUT2D eigenvalue weighted by atomic mass is 35.5. The van der Waals surface area contributed by atoms with Crippen molar-refractivity contribution in [2.75, 3.05) is 5.32 Å². The normalized spacial score (nSPS) is 10.3. The SMILES string of the molecule is CCn1ncc(NC(=S)NCc2ccc(Cl)cc2)c1C. The fraction of sp³-hybridized carbons (Fsp3) is 0.286. The Bertz CT molecular complexity index is 592. The molecule has 0 aliphatic heterocycles. The van der Waals surface area contributed by atoms with Crippen LogP contribution in [0.15, 0.2) is 30.5 Å². The van der Waals surface area contributed by atoms with Gasteiger partial charge in [0, 0.05) is 18.1 Å². The lowest BCUT2D eigenvalue weighted by Gasteiger charge is -2.10. The monoisotopic (exact) mass is 308 g/mol. The van der Waals surface area contributed by atoms with Crippen LogP contribution in [-0.4, -0.2) is 14.9 Å². The first-order valence-corrected chi connectivity index (χ1v) is 7.20. The third kappa shape index (κ3) is 3.71. The summed E-state index contributed by atoms with van der Waals surface area (Å²) in [6, 6.07) is 7.67. The van der Waals surface area contributed by atoms with Gasteiger partial charge in [0.1, 0.15) is 0 Å². The molecule has 0 aliphatic rings. The van der Waals surface area contributed by atoms with Crippen LogP contribution in [0.1, 0.15) is 18.2 Å². The van der Waals surface area contributed by atoms with Crippen molar-refractivity contribution in [3.05, 3.63) is 46.7 Å². The first-order chi connectivity index (χ1) is 9.60. The summed E-state index contributed by atoms with van der Waals surface area (Å²) in [4.78, 5) is 0. The van der Waals surface area contributed by atoms with Crippen LogP contribution in [0.4, 0.5) is 5.69 Å². The highest BCUT2D eigenvalue weighted by Gasteiger charge is 2.06. The van der Waals surface area contributed by atoms with Crippen LogP contribution in [0, 0.1) is 6.92 Å². The second-order valence-corrected chi connectivity index (χ2v) is 5.24. The predicted octanol–water partition coefficient (Wildman–Crippen LogP) is 3.35. The van der Waals surface area contributed by atoms with E-state index in [1.54, 1.807) is 6.20 Å². The molecule has 1 aromatic heterocycles. The number of halogens is 1. The molecule has 0 amide bonds. The van der Waals surface area contributed by atoms with E-state index in [1.807, 2.05) is 35.9 Å². The highest BCUT2D eigenvalue weighted by molar-refractivity contribution is 7.80. The van der Waals surface area contributed by atoms with Crippen LogP contribution in [0.2, 0.25) is 5.02 Å². The maximum absolute atomic E-state index is 5.85. The third-order valence-electron chi connectivity index (χ3n) is 3.02. The van der Waals surface area contributed by atoms with Gasteiger partial charge in [-0.05, 0) is 43.8 Å². The first kappa shape index (κ1) is 14.8. The molecule has 0 radical (unpaired) electrons. The molecule has 6 heteroatoms. The third-order valence-corrected chi connectivity index (χ3v) is 3.52. The van der Waals surface area contributed by atoms with Crippen LogP contribution >= 0.6 is 23.8 Å². The molecule has 4 nitrogen and oxygen atoms in total. The molecule has 0 atom stereocenters. The van der Waals surface area contributed by atoms with Crippen LogP contribution in [0.5, 0.6) is 0 Å². The minimum Gasteiger partial charge on any atom is -0.358 e. The molecule has 0 bridgehead atoms. The van der Waals surface area contributed by atoms with Crippen molar-refractivity contribution in [3.63, 3.8) is 0 Å². The van der Waals surface area contributed by atoms with Crippen molar-refractivity contribution >= 4 is 34.6 Å². The first-order valence-electron chi connectivity index (χ1n) is 6.42. The van der Waals surface area contributed by atoms with Gasteiger partial charge in [-0.1, -0.05) is 23.7 Å². The summed E-state index contributed by atoms with van der Waals surface area (Å²) >= 11 is 11.1. The Labute approximate surface area is 129 Å². The molecule has 2 N–H and O–H groups in total. The van der Waals surface area contributed by atoms with Crippen molar-refractivity contribution in [2.24, 2.45) is 0 Å². The van der Waals surface area contributed by atoms with Gasteiger partial charge in [0.25, 0.3) is 0 Å². The largest absolute Gasteiger partial charge is 0.358 e. The number of rotatable bonds is 4. The smallest absolute Gasteiger partial charge is 0.171 e. The number of nitrogens with one attached hydrogen (secondary N) is 2. The summed E-state index contributed by atoms with van der Waals surface area (Å²) in [6.45, 7) is 5.57. The van der Waals surface area contributed by atoms with Crippen LogP contribution in [0.25, 0.3) is 0 Å². The second-order valence-electron chi connectivity index (χ2n) is 4.39. The topological polar surface area (TPSA) is 41.9 Å². The number of aryl methyl sites for hydroxylation is 1. The standard InChI is InChI=1S/C14H17ClN4S/c1-3-19-10(2)13(9-17-19)18-14(20)16-8-11-4-6-12(15)7-5-11/h4-7,9H,3,8H2,1-2H3,(H2,16,18,20). The Hall–Kier alpha value is -1.59. The summed E-state index contributed by atoms with van der Waals surface area (Å²) in [5.74, 6) is 0. The number of anilines is 1. The van der Waals surface area contributed by atoms with Crippen molar-refractivity contribution < 1.29 is 0 Å². The maximum atomic E-state index is 5.85. The van der Waals surface area contributed by atoms with Gasteiger partial charge in [0.15, 0.2) is 5.11 Å². The minimum atomic E-state index is 0.582. The summed E-state index contributed by atoms with van der Waals surface area (Å²) in [5, 5.41) is 11.9. The Balaban J connectivity index is 1.89. The zero-order valence-electron chi connectivity index (χ0n) is 11.5.